The molecule has 1 saturated carbocycles. The van der Waals surface area contributed by atoms with E-state index in [4.69, 9.17) is 9.47 Å². The summed E-state index contributed by atoms with van der Waals surface area (Å²) >= 11 is 0. The van der Waals surface area contributed by atoms with Gasteiger partial charge in [0.2, 0.25) is 0 Å². The van der Waals surface area contributed by atoms with Crippen LogP contribution < -0.4 is 9.47 Å². The molecule has 31 heavy (non-hydrogen) atoms. The summed E-state index contributed by atoms with van der Waals surface area (Å²) in [6, 6.07) is 10.2. The Balaban J connectivity index is 2.01. The van der Waals surface area contributed by atoms with Gasteiger partial charge >= 0.3 is 0 Å². The number of ketones is 1. The largest absolute Gasteiger partial charge is 0.504 e. The van der Waals surface area contributed by atoms with Crippen molar-refractivity contribution in [2.75, 3.05) is 14.2 Å². The molecule has 1 fully saturated rings. The lowest BCUT2D eigenvalue weighted by atomic mass is 9.68. The normalized spacial score (nSPS) is 19.6. The molecule has 0 bridgehead atoms. The average Bonchev–Trinajstić information content (AvgIpc) is 2.70. The topological polar surface area (TPSA) is 76.0 Å². The van der Waals surface area contributed by atoms with E-state index in [2.05, 4.69) is 20.8 Å². The Morgan fingerprint density at radius 3 is 1.58 bits per heavy atom. The summed E-state index contributed by atoms with van der Waals surface area (Å²) < 4.78 is 10.2. The quantitative estimate of drug-likeness (QED) is 0.627. The van der Waals surface area contributed by atoms with E-state index in [1.54, 1.807) is 24.3 Å². The molecule has 2 aromatic rings. The van der Waals surface area contributed by atoms with Crippen molar-refractivity contribution >= 4 is 17.9 Å². The van der Waals surface area contributed by atoms with Crippen LogP contribution in [0, 0.1) is 11.3 Å². The maximum atomic E-state index is 13.3. The van der Waals surface area contributed by atoms with Gasteiger partial charge < -0.3 is 19.7 Å². The molecule has 5 heteroatoms. The monoisotopic (exact) mass is 422 g/mol. The smallest absolute Gasteiger partial charge is 0.185 e. The summed E-state index contributed by atoms with van der Waals surface area (Å²) in [5, 5.41) is 20.2. The molecular weight excluding hydrogens is 392 g/mol. The highest BCUT2D eigenvalue weighted by Crippen LogP contribution is 2.42. The number of allylic oxidation sites excluding steroid dienone is 2. The van der Waals surface area contributed by atoms with Crippen LogP contribution in [0.4, 0.5) is 0 Å². The van der Waals surface area contributed by atoms with Crippen LogP contribution >= 0.6 is 0 Å². The predicted octanol–water partition coefficient (Wildman–Crippen LogP) is 5.61. The third kappa shape index (κ3) is 5.10. The summed E-state index contributed by atoms with van der Waals surface area (Å²) in [4.78, 5) is 13.3. The van der Waals surface area contributed by atoms with E-state index in [0.717, 1.165) is 11.1 Å². The van der Waals surface area contributed by atoms with Crippen LogP contribution in [-0.2, 0) is 4.79 Å². The van der Waals surface area contributed by atoms with E-state index in [-0.39, 0.29) is 28.6 Å². The predicted molar refractivity (Wildman–Crippen MR) is 122 cm³/mol. The Morgan fingerprint density at radius 2 is 1.26 bits per heavy atom. The molecule has 5 nitrogen and oxygen atoms in total. The van der Waals surface area contributed by atoms with E-state index < -0.39 is 0 Å². The third-order valence-corrected chi connectivity index (χ3v) is 5.83. The fourth-order valence-electron chi connectivity index (χ4n) is 3.85. The molecule has 1 aliphatic carbocycles. The average molecular weight is 423 g/mol. The summed E-state index contributed by atoms with van der Waals surface area (Å²) in [7, 11) is 3.00. The van der Waals surface area contributed by atoms with E-state index in [9.17, 15) is 15.0 Å². The van der Waals surface area contributed by atoms with Crippen molar-refractivity contribution in [3.8, 4) is 23.0 Å². The minimum atomic E-state index is -0.00823. The zero-order valence-electron chi connectivity index (χ0n) is 18.7. The second-order valence-electron chi connectivity index (χ2n) is 9.00. The van der Waals surface area contributed by atoms with E-state index >= 15 is 0 Å². The summed E-state index contributed by atoms with van der Waals surface area (Å²) in [6.45, 7) is 6.55. The molecule has 0 amide bonds. The number of aromatic hydroxyl groups is 2. The molecule has 0 atom stereocenters. The van der Waals surface area contributed by atoms with Crippen LogP contribution in [0.15, 0.2) is 47.5 Å². The molecule has 0 aliphatic heterocycles. The second kappa shape index (κ2) is 8.88. The number of rotatable bonds is 4. The van der Waals surface area contributed by atoms with Gasteiger partial charge in [0.05, 0.1) is 14.2 Å². The summed E-state index contributed by atoms with van der Waals surface area (Å²) in [6.07, 6.45) is 5.03. The molecule has 0 unspecified atom stereocenters. The van der Waals surface area contributed by atoms with E-state index in [0.29, 0.717) is 35.5 Å². The van der Waals surface area contributed by atoms with Crippen LogP contribution in [0.25, 0.3) is 12.2 Å². The van der Waals surface area contributed by atoms with Gasteiger partial charge in [-0.2, -0.15) is 0 Å². The van der Waals surface area contributed by atoms with Crippen LogP contribution in [0.5, 0.6) is 23.0 Å². The first kappa shape index (κ1) is 22.5. The van der Waals surface area contributed by atoms with Gasteiger partial charge in [0.15, 0.2) is 28.8 Å². The molecule has 164 valence electrons. The number of methoxy groups -OCH3 is 2. The first-order valence-electron chi connectivity index (χ1n) is 10.3. The van der Waals surface area contributed by atoms with Crippen LogP contribution in [0.2, 0.25) is 0 Å². The van der Waals surface area contributed by atoms with Crippen molar-refractivity contribution in [1.82, 2.24) is 0 Å². The first-order chi connectivity index (χ1) is 14.6. The molecule has 0 aromatic heterocycles. The third-order valence-electron chi connectivity index (χ3n) is 5.83. The van der Waals surface area contributed by atoms with Crippen molar-refractivity contribution < 1.29 is 24.5 Å². The fraction of sp³-hybridized carbons (Fsp3) is 0.346. The number of carbonyl (C=O) groups is 1. The van der Waals surface area contributed by atoms with Gasteiger partial charge in [0, 0.05) is 11.1 Å². The Kier molecular flexibility index (Phi) is 6.44. The van der Waals surface area contributed by atoms with Crippen molar-refractivity contribution in [3.63, 3.8) is 0 Å². The van der Waals surface area contributed by atoms with Crippen LogP contribution in [0.3, 0.4) is 0 Å². The molecule has 1 aliphatic rings. The highest BCUT2D eigenvalue weighted by atomic mass is 16.5. The van der Waals surface area contributed by atoms with Crippen molar-refractivity contribution in [2.24, 2.45) is 11.3 Å². The fourth-order valence-corrected chi connectivity index (χ4v) is 3.85. The number of ether oxygens (including phenoxy) is 2. The minimum Gasteiger partial charge on any atom is -0.504 e. The van der Waals surface area contributed by atoms with Gasteiger partial charge in [-0.3, -0.25) is 4.79 Å². The Bertz CT molecular complexity index is 965. The van der Waals surface area contributed by atoms with Gasteiger partial charge in [-0.1, -0.05) is 32.9 Å². The van der Waals surface area contributed by atoms with Gasteiger partial charge in [-0.05, 0) is 71.7 Å². The van der Waals surface area contributed by atoms with E-state index in [1.165, 1.54) is 14.2 Å². The lowest BCUT2D eigenvalue weighted by molar-refractivity contribution is -0.113. The lowest BCUT2D eigenvalue weighted by Crippen LogP contribution is -2.29. The highest BCUT2D eigenvalue weighted by Gasteiger charge is 2.34. The Labute approximate surface area is 183 Å². The van der Waals surface area contributed by atoms with Crippen molar-refractivity contribution in [3.05, 3.63) is 58.7 Å². The van der Waals surface area contributed by atoms with E-state index in [1.807, 2.05) is 24.3 Å². The van der Waals surface area contributed by atoms with Crippen LogP contribution in [0.1, 0.15) is 44.7 Å². The van der Waals surface area contributed by atoms with Crippen molar-refractivity contribution in [1.29, 1.82) is 0 Å². The number of hydrogen-bond donors (Lipinski definition) is 2. The van der Waals surface area contributed by atoms with Crippen molar-refractivity contribution in [2.45, 2.75) is 33.6 Å². The van der Waals surface area contributed by atoms with Crippen LogP contribution in [-0.4, -0.2) is 30.2 Å². The summed E-state index contributed by atoms with van der Waals surface area (Å²) in [5.74, 6) is 1.13. The molecule has 2 aromatic carbocycles. The number of benzene rings is 2. The number of phenolic OH excluding ortho intramolecular Hbond substituents is 2. The molecule has 0 spiro atoms. The molecule has 2 N–H and O–H groups in total. The van der Waals surface area contributed by atoms with Gasteiger partial charge in [-0.25, -0.2) is 0 Å². The molecule has 3 rings (SSSR count). The molecule has 0 saturated heterocycles. The maximum Gasteiger partial charge on any atom is 0.185 e. The molecular formula is C26H30O5. The molecule has 0 heterocycles. The number of carbonyl (C=O) groups excluding carboxylic acids is 1. The zero-order chi connectivity index (χ0) is 22.8. The highest BCUT2D eigenvalue weighted by molar-refractivity contribution is 6.14. The zero-order valence-corrected chi connectivity index (χ0v) is 18.7. The maximum absolute atomic E-state index is 13.3. The Hall–Kier alpha value is -3.21. The van der Waals surface area contributed by atoms with Gasteiger partial charge in [-0.15, -0.1) is 0 Å². The molecule has 0 radical (unpaired) electrons. The second-order valence-corrected chi connectivity index (χ2v) is 9.00. The van der Waals surface area contributed by atoms with Gasteiger partial charge in [0.25, 0.3) is 0 Å². The first-order valence-corrected chi connectivity index (χ1v) is 10.3. The number of hydrogen-bond acceptors (Lipinski definition) is 5. The number of phenols is 2. The standard InChI is InChI=1S/C26H30O5/c1-26(2,3)20-14-18(10-16-6-8-23(30-4)21(27)12-16)25(29)19(15-20)11-17-7-9-24(31-5)22(28)13-17/h6-13,20,27-28H,14-15H2,1-5H3/b18-10+,19-11+. The number of Topliss-reactive ketones (excluding diaryl/α,β-unsaturated/α-hetero) is 1. The Morgan fingerprint density at radius 1 is 0.839 bits per heavy atom. The minimum absolute atomic E-state index is 0.00823. The lowest BCUT2D eigenvalue weighted by Gasteiger charge is -2.35. The van der Waals surface area contributed by atoms with Gasteiger partial charge in [0.1, 0.15) is 0 Å². The summed E-state index contributed by atoms with van der Waals surface area (Å²) in [5.41, 5.74) is 2.93. The SMILES string of the molecule is COc1ccc(/C=C2\CC(C(C)(C)C)C/C(=C\c3ccc(OC)c(O)c3)C2=O)cc1O.